The average molecular weight is 363 g/mol. The maximum atomic E-state index is 14.3. The van der Waals surface area contributed by atoms with Gasteiger partial charge >= 0.3 is 0 Å². The molecular weight excluding hydrogens is 345 g/mol. The van der Waals surface area contributed by atoms with Crippen molar-refractivity contribution < 1.29 is 9.18 Å². The number of halogens is 1. The topological polar surface area (TPSA) is 64.2 Å². The Labute approximate surface area is 155 Å². The number of pyridine rings is 1. The van der Waals surface area contributed by atoms with E-state index in [1.165, 1.54) is 12.1 Å². The van der Waals surface area contributed by atoms with Crippen molar-refractivity contribution in [3.63, 3.8) is 0 Å². The number of nitrogens with one attached hydrogen (secondary N) is 1. The fraction of sp³-hybridized carbons (Fsp3) is 0.150. The summed E-state index contributed by atoms with van der Waals surface area (Å²) in [6.45, 7) is 4.56. The fourth-order valence-corrected chi connectivity index (χ4v) is 3.12. The molecule has 7 heteroatoms. The first kappa shape index (κ1) is 17.0. The minimum absolute atomic E-state index is 0.234. The molecule has 0 atom stereocenters. The third kappa shape index (κ3) is 3.08. The van der Waals surface area contributed by atoms with Crippen LogP contribution in [-0.4, -0.2) is 25.3 Å². The van der Waals surface area contributed by atoms with Crippen molar-refractivity contribution in [3.05, 3.63) is 71.9 Å². The van der Waals surface area contributed by atoms with E-state index in [-0.39, 0.29) is 11.5 Å². The fourth-order valence-electron chi connectivity index (χ4n) is 3.12. The molecule has 27 heavy (non-hydrogen) atoms. The molecule has 0 saturated carbocycles. The van der Waals surface area contributed by atoms with Gasteiger partial charge in [-0.05, 0) is 50.2 Å². The summed E-state index contributed by atoms with van der Waals surface area (Å²) >= 11 is 0. The maximum Gasteiger partial charge on any atom is 0.255 e. The minimum atomic E-state index is -0.484. The van der Waals surface area contributed by atoms with E-state index in [9.17, 15) is 9.18 Å². The molecule has 3 heterocycles. The van der Waals surface area contributed by atoms with Crippen LogP contribution in [0.15, 0.2) is 54.9 Å². The molecule has 0 fully saturated rings. The molecule has 1 N–H and O–H groups in total. The summed E-state index contributed by atoms with van der Waals surface area (Å²) in [5.41, 5.74) is 3.88. The largest absolute Gasteiger partial charge is 0.319 e. The molecule has 0 saturated heterocycles. The van der Waals surface area contributed by atoms with Gasteiger partial charge in [-0.1, -0.05) is 6.07 Å². The molecule has 4 rings (SSSR count). The Morgan fingerprint density at radius 2 is 2.04 bits per heavy atom. The van der Waals surface area contributed by atoms with Gasteiger partial charge in [-0.25, -0.2) is 8.91 Å². The molecule has 0 aliphatic heterocycles. The second-order valence-corrected chi connectivity index (χ2v) is 6.22. The van der Waals surface area contributed by atoms with Crippen LogP contribution in [0.3, 0.4) is 0 Å². The van der Waals surface area contributed by atoms with Crippen LogP contribution in [0.25, 0.3) is 16.8 Å². The highest BCUT2D eigenvalue weighted by Crippen LogP contribution is 2.24. The van der Waals surface area contributed by atoms with Crippen molar-refractivity contribution in [1.29, 1.82) is 0 Å². The molecule has 4 aromatic rings. The number of hydrogen-bond donors (Lipinski definition) is 1. The molecule has 0 radical (unpaired) electrons. The predicted octanol–water partition coefficient (Wildman–Crippen LogP) is 3.92. The van der Waals surface area contributed by atoms with E-state index in [0.717, 1.165) is 11.2 Å². The van der Waals surface area contributed by atoms with Crippen molar-refractivity contribution >= 4 is 17.1 Å². The first-order valence-electron chi connectivity index (χ1n) is 8.64. The van der Waals surface area contributed by atoms with Crippen molar-refractivity contribution in [1.82, 2.24) is 19.4 Å². The first-order valence-corrected chi connectivity index (χ1v) is 8.64. The SMILES string of the molecule is CCn1ncc(NC(=O)c2cc(F)cc(-c3cccc4ccnn34)c2)c1C. The highest BCUT2D eigenvalue weighted by Gasteiger charge is 2.14. The van der Waals surface area contributed by atoms with E-state index in [2.05, 4.69) is 15.5 Å². The predicted molar refractivity (Wildman–Crippen MR) is 101 cm³/mol. The Balaban J connectivity index is 1.71. The Hall–Kier alpha value is -3.48. The molecule has 1 amide bonds. The summed E-state index contributed by atoms with van der Waals surface area (Å²) in [6.07, 6.45) is 3.28. The zero-order valence-electron chi connectivity index (χ0n) is 15.0. The third-order valence-electron chi connectivity index (χ3n) is 4.53. The van der Waals surface area contributed by atoms with Gasteiger partial charge in [0.15, 0.2) is 0 Å². The Kier molecular flexibility index (Phi) is 4.19. The Morgan fingerprint density at radius 3 is 2.81 bits per heavy atom. The second kappa shape index (κ2) is 6.68. The quantitative estimate of drug-likeness (QED) is 0.598. The van der Waals surface area contributed by atoms with E-state index >= 15 is 0 Å². The summed E-state index contributed by atoms with van der Waals surface area (Å²) < 4.78 is 17.7. The number of amides is 1. The summed E-state index contributed by atoms with van der Waals surface area (Å²) in [4.78, 5) is 12.7. The lowest BCUT2D eigenvalue weighted by Crippen LogP contribution is -2.13. The summed E-state index contributed by atoms with van der Waals surface area (Å²) in [5.74, 6) is -0.870. The molecule has 1 aromatic carbocycles. The van der Waals surface area contributed by atoms with Crippen LogP contribution in [0.4, 0.5) is 10.1 Å². The molecule has 6 nitrogen and oxygen atoms in total. The van der Waals surface area contributed by atoms with Crippen LogP contribution in [0.5, 0.6) is 0 Å². The molecule has 0 spiro atoms. The van der Waals surface area contributed by atoms with Gasteiger partial charge < -0.3 is 5.32 Å². The number of fused-ring (bicyclic) bond motifs is 1. The van der Waals surface area contributed by atoms with E-state index < -0.39 is 5.82 Å². The van der Waals surface area contributed by atoms with Crippen LogP contribution in [0.1, 0.15) is 23.0 Å². The second-order valence-electron chi connectivity index (χ2n) is 6.22. The van der Waals surface area contributed by atoms with E-state index in [4.69, 9.17) is 0 Å². The number of hydrogen-bond acceptors (Lipinski definition) is 3. The van der Waals surface area contributed by atoms with Crippen LogP contribution < -0.4 is 5.32 Å². The lowest BCUT2D eigenvalue weighted by atomic mass is 10.1. The highest BCUT2D eigenvalue weighted by molar-refractivity contribution is 6.05. The number of carbonyl (C=O) groups is 1. The molecule has 0 aliphatic carbocycles. The number of carbonyl (C=O) groups excluding carboxylic acids is 1. The van der Waals surface area contributed by atoms with Crippen molar-refractivity contribution in [2.24, 2.45) is 0 Å². The minimum Gasteiger partial charge on any atom is -0.319 e. The van der Waals surface area contributed by atoms with Crippen molar-refractivity contribution in [2.45, 2.75) is 20.4 Å². The normalized spacial score (nSPS) is 11.1. The summed E-state index contributed by atoms with van der Waals surface area (Å²) in [5, 5.41) is 11.3. The van der Waals surface area contributed by atoms with Gasteiger partial charge in [-0.3, -0.25) is 9.48 Å². The van der Waals surface area contributed by atoms with Gasteiger partial charge in [0, 0.05) is 17.7 Å². The average Bonchev–Trinajstić information content (AvgIpc) is 3.28. The van der Waals surface area contributed by atoms with E-state index in [1.54, 1.807) is 27.7 Å². The Bertz CT molecular complexity index is 1140. The molecule has 0 unspecified atom stereocenters. The molecular formula is C20H18FN5O. The molecule has 3 aromatic heterocycles. The number of benzene rings is 1. The highest BCUT2D eigenvalue weighted by atomic mass is 19.1. The van der Waals surface area contributed by atoms with Crippen molar-refractivity contribution in [2.75, 3.05) is 5.32 Å². The molecule has 0 bridgehead atoms. The zero-order chi connectivity index (χ0) is 19.0. The van der Waals surface area contributed by atoms with Gasteiger partial charge in [0.25, 0.3) is 5.91 Å². The summed E-state index contributed by atoms with van der Waals surface area (Å²) in [7, 11) is 0. The van der Waals surface area contributed by atoms with Crippen LogP contribution in [-0.2, 0) is 6.54 Å². The number of aryl methyl sites for hydroxylation is 1. The van der Waals surface area contributed by atoms with E-state index in [0.29, 0.717) is 23.5 Å². The van der Waals surface area contributed by atoms with Crippen LogP contribution in [0, 0.1) is 12.7 Å². The van der Waals surface area contributed by atoms with Gasteiger partial charge in [0.1, 0.15) is 5.82 Å². The molecule has 0 aliphatic rings. The number of aromatic nitrogens is 4. The van der Waals surface area contributed by atoms with Crippen LogP contribution >= 0.6 is 0 Å². The lowest BCUT2D eigenvalue weighted by Gasteiger charge is -2.09. The zero-order valence-corrected chi connectivity index (χ0v) is 15.0. The van der Waals surface area contributed by atoms with Gasteiger partial charge in [-0.15, -0.1) is 0 Å². The Morgan fingerprint density at radius 1 is 1.19 bits per heavy atom. The van der Waals surface area contributed by atoms with Crippen molar-refractivity contribution in [3.8, 4) is 11.3 Å². The maximum absolute atomic E-state index is 14.3. The van der Waals surface area contributed by atoms with E-state index in [1.807, 2.05) is 38.1 Å². The van der Waals surface area contributed by atoms with Crippen LogP contribution in [0.2, 0.25) is 0 Å². The first-order chi connectivity index (χ1) is 13.1. The lowest BCUT2D eigenvalue weighted by molar-refractivity contribution is 0.102. The number of nitrogens with zero attached hydrogens (tertiary/aromatic N) is 4. The molecule has 136 valence electrons. The third-order valence-corrected chi connectivity index (χ3v) is 4.53. The number of anilines is 1. The smallest absolute Gasteiger partial charge is 0.255 e. The van der Waals surface area contributed by atoms with Gasteiger partial charge in [0.2, 0.25) is 0 Å². The number of rotatable bonds is 4. The van der Waals surface area contributed by atoms with Gasteiger partial charge in [-0.2, -0.15) is 10.2 Å². The standard InChI is InChI=1S/C20H18FN5O/c1-3-25-13(2)18(12-23-25)24-20(27)15-9-14(10-16(21)11-15)19-6-4-5-17-7-8-22-26(17)19/h4-12H,3H2,1-2H3,(H,24,27). The monoisotopic (exact) mass is 363 g/mol. The summed E-state index contributed by atoms with van der Waals surface area (Å²) in [6, 6.07) is 11.8. The van der Waals surface area contributed by atoms with Gasteiger partial charge in [0.05, 0.1) is 35.0 Å².